The molecule has 0 unspecified atom stereocenters. The highest BCUT2D eigenvalue weighted by Crippen LogP contribution is 2.41. The molecule has 3 heteroatoms. The maximum atomic E-state index is 11.3. The number of carboxylic acid groups (broad SMARTS) is 1. The zero-order valence-electron chi connectivity index (χ0n) is 16.1. The SMILES string of the molecule is CCCCCCC(C)(C)c1ccc([C@H]2CCC[C@@H](C(=O)O)C2)c(O)c1. The van der Waals surface area contributed by atoms with E-state index in [1.807, 2.05) is 12.1 Å². The highest BCUT2D eigenvalue weighted by molar-refractivity contribution is 5.70. The lowest BCUT2D eigenvalue weighted by molar-refractivity contribution is -0.143. The number of unbranched alkanes of at least 4 members (excludes halogenated alkanes) is 3. The number of rotatable bonds is 8. The zero-order chi connectivity index (χ0) is 18.4. The van der Waals surface area contributed by atoms with Crippen LogP contribution < -0.4 is 0 Å². The van der Waals surface area contributed by atoms with E-state index in [9.17, 15) is 15.0 Å². The second-order valence-electron chi connectivity index (χ2n) is 8.37. The summed E-state index contributed by atoms with van der Waals surface area (Å²) in [5.74, 6) is -0.464. The van der Waals surface area contributed by atoms with E-state index in [0.29, 0.717) is 12.2 Å². The predicted octanol–water partition coefficient (Wildman–Crippen LogP) is 6.00. The molecule has 0 amide bonds. The van der Waals surface area contributed by atoms with Crippen molar-refractivity contribution in [3.63, 3.8) is 0 Å². The monoisotopic (exact) mass is 346 g/mol. The van der Waals surface area contributed by atoms with Gasteiger partial charge in [0.15, 0.2) is 0 Å². The summed E-state index contributed by atoms with van der Waals surface area (Å²) in [5.41, 5.74) is 2.16. The van der Waals surface area contributed by atoms with Crippen molar-refractivity contribution in [1.29, 1.82) is 0 Å². The van der Waals surface area contributed by atoms with Crippen molar-refractivity contribution in [2.75, 3.05) is 0 Å². The van der Waals surface area contributed by atoms with Gasteiger partial charge in [-0.25, -0.2) is 0 Å². The molecule has 1 aromatic carbocycles. The van der Waals surface area contributed by atoms with Crippen LogP contribution in [0.5, 0.6) is 5.75 Å². The molecule has 1 aliphatic rings. The second-order valence-corrected chi connectivity index (χ2v) is 8.37. The number of aromatic hydroxyl groups is 1. The lowest BCUT2D eigenvalue weighted by Gasteiger charge is -2.29. The van der Waals surface area contributed by atoms with Crippen molar-refractivity contribution < 1.29 is 15.0 Å². The summed E-state index contributed by atoms with van der Waals surface area (Å²) in [4.78, 5) is 11.3. The van der Waals surface area contributed by atoms with Gasteiger partial charge in [-0.2, -0.15) is 0 Å². The fourth-order valence-corrected chi connectivity index (χ4v) is 4.14. The minimum atomic E-state index is -0.700. The quantitative estimate of drug-likeness (QED) is 0.568. The van der Waals surface area contributed by atoms with Gasteiger partial charge in [0.05, 0.1) is 5.92 Å². The number of aliphatic carboxylic acids is 1. The predicted molar refractivity (Wildman–Crippen MR) is 102 cm³/mol. The molecule has 0 heterocycles. The third-order valence-corrected chi connectivity index (χ3v) is 5.93. The number of phenolic OH excluding ortho intramolecular Hbond substituents is 1. The van der Waals surface area contributed by atoms with Crippen molar-refractivity contribution in [2.24, 2.45) is 5.92 Å². The second kappa shape index (κ2) is 8.73. The van der Waals surface area contributed by atoms with Crippen LogP contribution in [0.1, 0.15) is 95.6 Å². The first-order valence-electron chi connectivity index (χ1n) is 9.91. The number of phenols is 1. The highest BCUT2D eigenvalue weighted by atomic mass is 16.4. The summed E-state index contributed by atoms with van der Waals surface area (Å²) in [5, 5.41) is 19.9. The van der Waals surface area contributed by atoms with Crippen LogP contribution in [0.15, 0.2) is 18.2 Å². The number of benzene rings is 1. The average Bonchev–Trinajstić information content (AvgIpc) is 2.58. The average molecular weight is 347 g/mol. The van der Waals surface area contributed by atoms with E-state index in [0.717, 1.165) is 31.2 Å². The molecule has 140 valence electrons. The lowest BCUT2D eigenvalue weighted by Crippen LogP contribution is -2.22. The van der Waals surface area contributed by atoms with Crippen molar-refractivity contribution in [3.05, 3.63) is 29.3 Å². The van der Waals surface area contributed by atoms with E-state index in [2.05, 4.69) is 26.8 Å². The summed E-state index contributed by atoms with van der Waals surface area (Å²) in [6, 6.07) is 6.09. The Hall–Kier alpha value is -1.51. The third kappa shape index (κ3) is 5.23. The molecule has 2 N–H and O–H groups in total. The molecule has 0 bridgehead atoms. The van der Waals surface area contributed by atoms with Crippen LogP contribution in [0.25, 0.3) is 0 Å². The molecule has 1 aromatic rings. The fourth-order valence-electron chi connectivity index (χ4n) is 4.14. The molecule has 1 aliphatic carbocycles. The van der Waals surface area contributed by atoms with E-state index >= 15 is 0 Å². The molecule has 2 atom stereocenters. The van der Waals surface area contributed by atoms with Gasteiger partial charge in [-0.15, -0.1) is 0 Å². The molecular weight excluding hydrogens is 312 g/mol. The number of hydrogen-bond donors (Lipinski definition) is 2. The molecule has 25 heavy (non-hydrogen) atoms. The molecule has 3 nitrogen and oxygen atoms in total. The van der Waals surface area contributed by atoms with Crippen molar-refractivity contribution in [1.82, 2.24) is 0 Å². The minimum absolute atomic E-state index is 0.0555. The molecule has 0 saturated heterocycles. The smallest absolute Gasteiger partial charge is 0.306 e. The number of carboxylic acids is 1. The topological polar surface area (TPSA) is 57.5 Å². The Kier molecular flexibility index (Phi) is 6.92. The van der Waals surface area contributed by atoms with Gasteiger partial charge >= 0.3 is 5.97 Å². The minimum Gasteiger partial charge on any atom is -0.508 e. The Labute approximate surface area is 152 Å². The Morgan fingerprint density at radius 2 is 1.96 bits per heavy atom. The van der Waals surface area contributed by atoms with Crippen molar-refractivity contribution >= 4 is 5.97 Å². The largest absolute Gasteiger partial charge is 0.508 e. The summed E-state index contributed by atoms with van der Waals surface area (Å²) in [7, 11) is 0. The molecule has 0 radical (unpaired) electrons. The van der Waals surface area contributed by atoms with Gasteiger partial charge in [-0.1, -0.05) is 65.0 Å². The lowest BCUT2D eigenvalue weighted by atomic mass is 9.75. The first kappa shape index (κ1) is 19.8. The first-order chi connectivity index (χ1) is 11.8. The van der Waals surface area contributed by atoms with E-state index in [1.54, 1.807) is 0 Å². The van der Waals surface area contributed by atoms with Crippen LogP contribution in [-0.4, -0.2) is 16.2 Å². The van der Waals surface area contributed by atoms with Crippen LogP contribution in [0.4, 0.5) is 0 Å². The molecule has 0 spiro atoms. The third-order valence-electron chi connectivity index (χ3n) is 5.93. The molecule has 1 saturated carbocycles. The maximum Gasteiger partial charge on any atom is 0.306 e. The Morgan fingerprint density at radius 1 is 1.20 bits per heavy atom. The van der Waals surface area contributed by atoms with Crippen molar-refractivity contribution in [2.45, 2.75) is 89.9 Å². The Balaban J connectivity index is 2.08. The van der Waals surface area contributed by atoms with Crippen LogP contribution in [-0.2, 0) is 10.2 Å². The van der Waals surface area contributed by atoms with Crippen LogP contribution in [0.3, 0.4) is 0 Å². The standard InChI is InChI=1S/C22H34O3/c1-4-5-6-7-13-22(2,3)18-11-12-19(20(23)15-18)16-9-8-10-17(14-16)21(24)25/h11-12,15-17,23H,4-10,13-14H2,1-3H3,(H,24,25)/t16-,17+/m0/s1. The van der Waals surface area contributed by atoms with Gasteiger partial charge < -0.3 is 10.2 Å². The normalized spacial score (nSPS) is 21.2. The van der Waals surface area contributed by atoms with Gasteiger partial charge in [0, 0.05) is 0 Å². The van der Waals surface area contributed by atoms with Gasteiger partial charge in [0.2, 0.25) is 0 Å². The van der Waals surface area contributed by atoms with Crippen LogP contribution >= 0.6 is 0 Å². The van der Waals surface area contributed by atoms with E-state index in [4.69, 9.17) is 0 Å². The summed E-state index contributed by atoms with van der Waals surface area (Å²) in [6.07, 6.45) is 9.42. The van der Waals surface area contributed by atoms with E-state index in [-0.39, 0.29) is 17.3 Å². The van der Waals surface area contributed by atoms with Crippen LogP contribution in [0, 0.1) is 5.92 Å². The molecule has 0 aromatic heterocycles. The first-order valence-corrected chi connectivity index (χ1v) is 9.91. The molecule has 2 rings (SSSR count). The zero-order valence-corrected chi connectivity index (χ0v) is 16.1. The summed E-state index contributed by atoms with van der Waals surface area (Å²) in [6.45, 7) is 6.71. The molecular formula is C22H34O3. The molecule has 1 fully saturated rings. The number of carbonyl (C=O) groups is 1. The maximum absolute atomic E-state index is 11.3. The van der Waals surface area contributed by atoms with Crippen LogP contribution in [0.2, 0.25) is 0 Å². The van der Waals surface area contributed by atoms with Gasteiger partial charge in [0.1, 0.15) is 5.75 Å². The Bertz CT molecular complexity index is 577. The summed E-state index contributed by atoms with van der Waals surface area (Å²) >= 11 is 0. The van der Waals surface area contributed by atoms with Crippen molar-refractivity contribution in [3.8, 4) is 5.75 Å². The Morgan fingerprint density at radius 3 is 2.60 bits per heavy atom. The van der Waals surface area contributed by atoms with E-state index < -0.39 is 5.97 Å². The van der Waals surface area contributed by atoms with Gasteiger partial charge in [-0.05, 0) is 54.2 Å². The summed E-state index contributed by atoms with van der Waals surface area (Å²) < 4.78 is 0. The molecule has 0 aliphatic heterocycles. The van der Waals surface area contributed by atoms with Gasteiger partial charge in [0.25, 0.3) is 0 Å². The number of hydrogen-bond acceptors (Lipinski definition) is 2. The van der Waals surface area contributed by atoms with Gasteiger partial charge in [-0.3, -0.25) is 4.79 Å². The fraction of sp³-hybridized carbons (Fsp3) is 0.682. The van der Waals surface area contributed by atoms with E-state index in [1.165, 1.54) is 31.2 Å². The highest BCUT2D eigenvalue weighted by Gasteiger charge is 2.30.